The van der Waals surface area contributed by atoms with Crippen LogP contribution in [0.2, 0.25) is 5.15 Å². The van der Waals surface area contributed by atoms with Gasteiger partial charge in [-0.2, -0.15) is 0 Å². The van der Waals surface area contributed by atoms with Gasteiger partial charge in [0.2, 0.25) is 0 Å². The monoisotopic (exact) mass is 270 g/mol. The largest absolute Gasteiger partial charge is 0.411 e. The molecular formula is C15H11ClN2O. The van der Waals surface area contributed by atoms with Crippen molar-refractivity contribution in [2.24, 2.45) is 5.16 Å². The standard InChI is InChI=1S/C15H11ClN2O/c16-15-13(10-17-19)12-8-4-5-9-14(12)18(15)11-6-2-1-3-7-11/h1-10,19H/b17-10+. The summed E-state index contributed by atoms with van der Waals surface area (Å²) in [7, 11) is 0. The van der Waals surface area contributed by atoms with Crippen LogP contribution in [0.5, 0.6) is 0 Å². The van der Waals surface area contributed by atoms with E-state index in [1.54, 1.807) is 0 Å². The van der Waals surface area contributed by atoms with Crippen LogP contribution in [0.4, 0.5) is 0 Å². The molecule has 0 amide bonds. The highest BCUT2D eigenvalue weighted by molar-refractivity contribution is 6.34. The fourth-order valence-corrected chi connectivity index (χ4v) is 2.58. The van der Waals surface area contributed by atoms with E-state index in [0.717, 1.165) is 16.6 Å². The summed E-state index contributed by atoms with van der Waals surface area (Å²) < 4.78 is 1.94. The van der Waals surface area contributed by atoms with Crippen molar-refractivity contribution in [3.63, 3.8) is 0 Å². The van der Waals surface area contributed by atoms with Crippen molar-refractivity contribution in [3.8, 4) is 5.69 Å². The number of fused-ring (bicyclic) bond motifs is 1. The summed E-state index contributed by atoms with van der Waals surface area (Å²) in [6, 6.07) is 17.7. The molecule has 19 heavy (non-hydrogen) atoms. The van der Waals surface area contributed by atoms with E-state index in [0.29, 0.717) is 10.7 Å². The normalized spacial score (nSPS) is 11.4. The maximum Gasteiger partial charge on any atom is 0.123 e. The van der Waals surface area contributed by atoms with Crippen molar-refractivity contribution in [2.75, 3.05) is 0 Å². The quantitative estimate of drug-likeness (QED) is 0.425. The van der Waals surface area contributed by atoms with E-state index in [4.69, 9.17) is 16.8 Å². The zero-order valence-electron chi connectivity index (χ0n) is 9.99. The fourth-order valence-electron chi connectivity index (χ4n) is 2.24. The zero-order chi connectivity index (χ0) is 13.2. The molecule has 94 valence electrons. The lowest BCUT2D eigenvalue weighted by molar-refractivity contribution is 0.322. The number of rotatable bonds is 2. The smallest absolute Gasteiger partial charge is 0.123 e. The van der Waals surface area contributed by atoms with Crippen LogP contribution in [0, 0.1) is 0 Å². The van der Waals surface area contributed by atoms with E-state index in [1.165, 1.54) is 6.21 Å². The van der Waals surface area contributed by atoms with Gasteiger partial charge in [-0.25, -0.2) is 0 Å². The Morgan fingerprint density at radius 1 is 1.00 bits per heavy atom. The van der Waals surface area contributed by atoms with E-state index in [9.17, 15) is 0 Å². The number of hydrogen-bond acceptors (Lipinski definition) is 2. The van der Waals surface area contributed by atoms with E-state index < -0.39 is 0 Å². The third-order valence-electron chi connectivity index (χ3n) is 3.05. The van der Waals surface area contributed by atoms with Crippen LogP contribution in [-0.4, -0.2) is 16.0 Å². The molecule has 0 aliphatic carbocycles. The molecule has 3 rings (SSSR count). The number of aromatic nitrogens is 1. The van der Waals surface area contributed by atoms with Crippen LogP contribution >= 0.6 is 11.6 Å². The molecule has 0 aliphatic rings. The van der Waals surface area contributed by atoms with Crippen LogP contribution < -0.4 is 0 Å². The second-order valence-electron chi connectivity index (χ2n) is 4.14. The van der Waals surface area contributed by atoms with Crippen molar-refractivity contribution >= 4 is 28.7 Å². The van der Waals surface area contributed by atoms with Crippen LogP contribution in [0.3, 0.4) is 0 Å². The van der Waals surface area contributed by atoms with Crippen molar-refractivity contribution in [1.29, 1.82) is 0 Å². The molecule has 0 atom stereocenters. The van der Waals surface area contributed by atoms with Gasteiger partial charge in [0.1, 0.15) is 5.15 Å². The third kappa shape index (κ3) is 1.88. The summed E-state index contributed by atoms with van der Waals surface area (Å²) in [6.07, 6.45) is 1.37. The maximum absolute atomic E-state index is 8.78. The van der Waals surface area contributed by atoms with Gasteiger partial charge in [0.15, 0.2) is 0 Å². The van der Waals surface area contributed by atoms with Gasteiger partial charge >= 0.3 is 0 Å². The summed E-state index contributed by atoms with van der Waals surface area (Å²) in [5.74, 6) is 0. The maximum atomic E-state index is 8.78. The van der Waals surface area contributed by atoms with Gasteiger partial charge in [-0.15, -0.1) is 0 Å². The van der Waals surface area contributed by atoms with Crippen LogP contribution in [0.15, 0.2) is 59.8 Å². The Kier molecular flexibility index (Phi) is 2.97. The molecule has 0 saturated carbocycles. The summed E-state index contributed by atoms with van der Waals surface area (Å²) in [6.45, 7) is 0. The molecule has 0 radical (unpaired) electrons. The zero-order valence-corrected chi connectivity index (χ0v) is 10.7. The Hall–Kier alpha value is -2.26. The first-order chi connectivity index (χ1) is 9.33. The second-order valence-corrected chi connectivity index (χ2v) is 4.50. The SMILES string of the molecule is O/N=C/c1c(Cl)n(-c2ccccc2)c2ccccc12. The van der Waals surface area contributed by atoms with E-state index in [-0.39, 0.29) is 0 Å². The number of benzene rings is 2. The molecule has 1 aromatic heterocycles. The first kappa shape index (κ1) is 11.8. The van der Waals surface area contributed by atoms with Crippen molar-refractivity contribution in [3.05, 3.63) is 65.3 Å². The summed E-state index contributed by atoms with van der Waals surface area (Å²) in [5, 5.41) is 13.4. The second kappa shape index (κ2) is 4.78. The summed E-state index contributed by atoms with van der Waals surface area (Å²) in [5.41, 5.74) is 2.67. The molecule has 3 nitrogen and oxygen atoms in total. The molecule has 0 bridgehead atoms. The minimum atomic E-state index is 0.533. The Balaban J connectivity index is 2.40. The Bertz CT molecular complexity index is 747. The van der Waals surface area contributed by atoms with E-state index in [2.05, 4.69) is 5.16 Å². The highest BCUT2D eigenvalue weighted by Gasteiger charge is 2.14. The summed E-state index contributed by atoms with van der Waals surface area (Å²) in [4.78, 5) is 0. The topological polar surface area (TPSA) is 37.5 Å². The van der Waals surface area contributed by atoms with E-state index in [1.807, 2.05) is 59.2 Å². The highest BCUT2D eigenvalue weighted by Crippen LogP contribution is 2.31. The lowest BCUT2D eigenvalue weighted by Gasteiger charge is -2.06. The van der Waals surface area contributed by atoms with Crippen molar-refractivity contribution < 1.29 is 5.21 Å². The lowest BCUT2D eigenvalue weighted by Crippen LogP contribution is -1.93. The predicted molar refractivity (Wildman–Crippen MR) is 77.7 cm³/mol. The first-order valence-electron chi connectivity index (χ1n) is 5.84. The average Bonchev–Trinajstić information content (AvgIpc) is 2.73. The van der Waals surface area contributed by atoms with Gasteiger partial charge in [-0.05, 0) is 18.2 Å². The molecule has 3 aromatic rings. The Morgan fingerprint density at radius 3 is 2.42 bits per heavy atom. The van der Waals surface area contributed by atoms with Gasteiger partial charge in [0, 0.05) is 16.6 Å². The minimum absolute atomic E-state index is 0.533. The molecule has 4 heteroatoms. The minimum Gasteiger partial charge on any atom is -0.411 e. The van der Waals surface area contributed by atoms with Gasteiger partial charge in [-0.1, -0.05) is 53.2 Å². The number of nitrogens with zero attached hydrogens (tertiary/aromatic N) is 2. The van der Waals surface area contributed by atoms with Crippen molar-refractivity contribution in [2.45, 2.75) is 0 Å². The third-order valence-corrected chi connectivity index (χ3v) is 3.43. The number of hydrogen-bond donors (Lipinski definition) is 1. The molecule has 0 unspecified atom stereocenters. The highest BCUT2D eigenvalue weighted by atomic mass is 35.5. The molecule has 1 N–H and O–H groups in total. The number of para-hydroxylation sites is 2. The molecule has 0 saturated heterocycles. The molecule has 0 fully saturated rings. The molecular weight excluding hydrogens is 260 g/mol. The molecule has 0 aliphatic heterocycles. The molecule has 1 heterocycles. The molecule has 2 aromatic carbocycles. The van der Waals surface area contributed by atoms with Gasteiger partial charge in [0.25, 0.3) is 0 Å². The average molecular weight is 271 g/mol. The lowest BCUT2D eigenvalue weighted by atomic mass is 10.2. The van der Waals surface area contributed by atoms with Crippen LogP contribution in [-0.2, 0) is 0 Å². The van der Waals surface area contributed by atoms with Crippen LogP contribution in [0.25, 0.3) is 16.6 Å². The predicted octanol–water partition coefficient (Wildman–Crippen LogP) is 4.09. The number of halogens is 1. The van der Waals surface area contributed by atoms with Gasteiger partial charge < -0.3 is 5.21 Å². The Labute approximate surface area is 115 Å². The van der Waals surface area contributed by atoms with Crippen molar-refractivity contribution in [1.82, 2.24) is 4.57 Å². The van der Waals surface area contributed by atoms with Gasteiger partial charge in [-0.3, -0.25) is 4.57 Å². The Morgan fingerprint density at radius 2 is 1.68 bits per heavy atom. The van der Waals surface area contributed by atoms with Crippen LogP contribution in [0.1, 0.15) is 5.56 Å². The summed E-state index contributed by atoms with van der Waals surface area (Å²) >= 11 is 6.43. The molecule has 0 spiro atoms. The fraction of sp³-hybridized carbons (Fsp3) is 0. The van der Waals surface area contributed by atoms with E-state index >= 15 is 0 Å². The number of oxime groups is 1. The first-order valence-corrected chi connectivity index (χ1v) is 6.22. The van der Waals surface area contributed by atoms with Gasteiger partial charge in [0.05, 0.1) is 11.7 Å².